The Morgan fingerprint density at radius 3 is 2.79 bits per heavy atom. The first-order valence-electron chi connectivity index (χ1n) is 9.32. The quantitative estimate of drug-likeness (QED) is 0.411. The fraction of sp³-hybridized carbons (Fsp3) is 0.381. The molecule has 3 rings (SSSR count). The van der Waals surface area contributed by atoms with E-state index in [0.29, 0.717) is 28.9 Å². The van der Waals surface area contributed by atoms with Gasteiger partial charge in [0, 0.05) is 16.6 Å². The van der Waals surface area contributed by atoms with Crippen molar-refractivity contribution in [2.75, 3.05) is 13.7 Å². The third-order valence-electron chi connectivity index (χ3n) is 4.79. The molecule has 0 amide bonds. The van der Waals surface area contributed by atoms with Crippen LogP contribution in [0.25, 0.3) is 16.2 Å². The summed E-state index contributed by atoms with van der Waals surface area (Å²) < 4.78 is 12.2. The Balaban J connectivity index is 2.03. The number of thiazole rings is 1. The van der Waals surface area contributed by atoms with Gasteiger partial charge in [0.15, 0.2) is 11.2 Å². The van der Waals surface area contributed by atoms with E-state index in [9.17, 15) is 9.59 Å². The van der Waals surface area contributed by atoms with Crippen molar-refractivity contribution in [3.05, 3.63) is 40.5 Å². The molecule has 2 heterocycles. The minimum absolute atomic E-state index is 0.177. The lowest BCUT2D eigenvalue weighted by Crippen LogP contribution is -2.06. The van der Waals surface area contributed by atoms with E-state index in [1.165, 1.54) is 11.3 Å². The topological polar surface area (TPSA) is 69.9 Å². The Hall–Kier alpha value is -2.67. The lowest BCUT2D eigenvalue weighted by Gasteiger charge is -2.15. The molecule has 0 bridgehead atoms. The summed E-state index contributed by atoms with van der Waals surface area (Å²) in [7, 11) is 1.66. The van der Waals surface area contributed by atoms with Gasteiger partial charge < -0.3 is 9.47 Å². The second-order valence-electron chi connectivity index (χ2n) is 6.56. The standard InChI is InChI=1S/C21H24N2O4S/c1-5-13(3)16-9-14(7-8-18(16)26-4)20-17(12-24)23-11-15(28-21(23)22-20)10-19(25)27-6-2/h7-9,11-13H,5-6,10H2,1-4H3. The number of ether oxygens (including phenoxy) is 2. The number of imidazole rings is 1. The zero-order valence-corrected chi connectivity index (χ0v) is 17.3. The van der Waals surface area contributed by atoms with Crippen molar-refractivity contribution >= 4 is 28.6 Å². The molecule has 1 aromatic carbocycles. The number of carbonyl (C=O) groups is 2. The number of aromatic nitrogens is 2. The molecule has 0 saturated heterocycles. The fourth-order valence-corrected chi connectivity index (χ4v) is 4.12. The van der Waals surface area contributed by atoms with Gasteiger partial charge in [0.05, 0.1) is 20.1 Å². The number of hydrogen-bond donors (Lipinski definition) is 0. The second kappa shape index (κ2) is 8.56. The molecule has 1 unspecified atom stereocenters. The minimum Gasteiger partial charge on any atom is -0.496 e. The Morgan fingerprint density at radius 2 is 2.14 bits per heavy atom. The van der Waals surface area contributed by atoms with Gasteiger partial charge in [-0.25, -0.2) is 4.98 Å². The molecule has 0 aliphatic heterocycles. The smallest absolute Gasteiger partial charge is 0.311 e. The first-order valence-corrected chi connectivity index (χ1v) is 10.1. The van der Waals surface area contributed by atoms with Gasteiger partial charge in [-0.3, -0.25) is 14.0 Å². The average molecular weight is 401 g/mol. The highest BCUT2D eigenvalue weighted by Gasteiger charge is 2.19. The number of aldehydes is 1. The first-order chi connectivity index (χ1) is 13.5. The van der Waals surface area contributed by atoms with Crippen LogP contribution >= 0.6 is 11.3 Å². The molecular weight excluding hydrogens is 376 g/mol. The number of methoxy groups -OCH3 is 1. The molecule has 148 valence electrons. The maximum atomic E-state index is 11.8. The van der Waals surface area contributed by atoms with E-state index < -0.39 is 0 Å². The van der Waals surface area contributed by atoms with E-state index in [2.05, 4.69) is 18.8 Å². The van der Waals surface area contributed by atoms with E-state index in [4.69, 9.17) is 9.47 Å². The van der Waals surface area contributed by atoms with Crippen LogP contribution in [-0.4, -0.2) is 35.4 Å². The summed E-state index contributed by atoms with van der Waals surface area (Å²) >= 11 is 1.39. The van der Waals surface area contributed by atoms with E-state index in [1.807, 2.05) is 18.2 Å². The van der Waals surface area contributed by atoms with Crippen molar-refractivity contribution in [2.24, 2.45) is 0 Å². The Morgan fingerprint density at radius 1 is 1.36 bits per heavy atom. The Labute approximate surface area is 168 Å². The molecule has 0 aliphatic rings. The fourth-order valence-electron chi connectivity index (χ4n) is 3.16. The predicted molar refractivity (Wildman–Crippen MR) is 109 cm³/mol. The van der Waals surface area contributed by atoms with Crippen molar-refractivity contribution in [1.29, 1.82) is 0 Å². The van der Waals surface area contributed by atoms with Gasteiger partial charge in [0.2, 0.25) is 0 Å². The minimum atomic E-state index is -0.284. The third-order valence-corrected chi connectivity index (χ3v) is 5.78. The highest BCUT2D eigenvalue weighted by Crippen LogP contribution is 2.35. The summed E-state index contributed by atoms with van der Waals surface area (Å²) in [5, 5.41) is 0. The highest BCUT2D eigenvalue weighted by molar-refractivity contribution is 7.17. The molecule has 0 aliphatic carbocycles. The van der Waals surface area contributed by atoms with Crippen molar-refractivity contribution in [2.45, 2.75) is 39.5 Å². The molecule has 1 atom stereocenters. The number of fused-ring (bicyclic) bond motifs is 1. The van der Waals surface area contributed by atoms with Crippen LogP contribution in [0.2, 0.25) is 0 Å². The summed E-state index contributed by atoms with van der Waals surface area (Å²) in [6, 6.07) is 5.89. The van der Waals surface area contributed by atoms with Crippen LogP contribution in [0.5, 0.6) is 5.75 Å². The second-order valence-corrected chi connectivity index (χ2v) is 7.66. The number of rotatable bonds is 8. The van der Waals surface area contributed by atoms with Gasteiger partial charge in [-0.15, -0.1) is 11.3 Å². The van der Waals surface area contributed by atoms with Crippen molar-refractivity contribution in [1.82, 2.24) is 9.38 Å². The van der Waals surface area contributed by atoms with E-state index in [0.717, 1.165) is 34.5 Å². The van der Waals surface area contributed by atoms with Crippen LogP contribution in [0.15, 0.2) is 24.4 Å². The summed E-state index contributed by atoms with van der Waals surface area (Å²) in [5.74, 6) is 0.881. The molecule has 2 aromatic heterocycles. The molecular formula is C21H24N2O4S. The molecule has 0 fully saturated rings. The van der Waals surface area contributed by atoms with E-state index in [1.54, 1.807) is 24.6 Å². The van der Waals surface area contributed by atoms with Crippen LogP contribution in [0.4, 0.5) is 0 Å². The molecule has 28 heavy (non-hydrogen) atoms. The van der Waals surface area contributed by atoms with E-state index >= 15 is 0 Å². The van der Waals surface area contributed by atoms with Crippen LogP contribution in [0, 0.1) is 0 Å². The molecule has 0 spiro atoms. The third kappa shape index (κ3) is 3.80. The monoisotopic (exact) mass is 400 g/mol. The van der Waals surface area contributed by atoms with Gasteiger partial charge in [0.25, 0.3) is 0 Å². The first kappa shape index (κ1) is 20.1. The van der Waals surface area contributed by atoms with Gasteiger partial charge in [-0.2, -0.15) is 0 Å². The number of benzene rings is 1. The van der Waals surface area contributed by atoms with Gasteiger partial charge in [0.1, 0.15) is 17.1 Å². The molecule has 3 aromatic rings. The SMILES string of the molecule is CCOC(=O)Cc1cn2c(C=O)c(-c3ccc(OC)c(C(C)CC)c3)nc2s1. The molecule has 0 saturated carbocycles. The van der Waals surface area contributed by atoms with Crippen molar-refractivity contribution < 1.29 is 19.1 Å². The number of nitrogens with zero attached hydrogens (tertiary/aromatic N) is 2. The van der Waals surface area contributed by atoms with Gasteiger partial charge >= 0.3 is 5.97 Å². The zero-order valence-electron chi connectivity index (χ0n) is 16.5. The number of hydrogen-bond acceptors (Lipinski definition) is 6. The Bertz CT molecular complexity index is 1010. The lowest BCUT2D eigenvalue weighted by atomic mass is 9.94. The lowest BCUT2D eigenvalue weighted by molar-refractivity contribution is -0.142. The number of esters is 1. The molecule has 0 N–H and O–H groups in total. The zero-order chi connectivity index (χ0) is 20.3. The highest BCUT2D eigenvalue weighted by atomic mass is 32.1. The summed E-state index contributed by atoms with van der Waals surface area (Å²) in [6.07, 6.45) is 3.76. The van der Waals surface area contributed by atoms with Gasteiger partial charge in [-0.05, 0) is 43.0 Å². The van der Waals surface area contributed by atoms with Crippen LogP contribution < -0.4 is 4.74 Å². The van der Waals surface area contributed by atoms with Crippen molar-refractivity contribution in [3.63, 3.8) is 0 Å². The number of carbonyl (C=O) groups excluding carboxylic acids is 2. The van der Waals surface area contributed by atoms with Gasteiger partial charge in [-0.1, -0.05) is 13.8 Å². The average Bonchev–Trinajstić information content (AvgIpc) is 3.23. The normalized spacial score (nSPS) is 12.1. The van der Waals surface area contributed by atoms with E-state index in [-0.39, 0.29) is 12.4 Å². The largest absolute Gasteiger partial charge is 0.496 e. The summed E-state index contributed by atoms with van der Waals surface area (Å²) in [4.78, 5) is 29.7. The molecule has 7 heteroatoms. The Kier molecular flexibility index (Phi) is 6.14. The maximum absolute atomic E-state index is 11.8. The summed E-state index contributed by atoms with van der Waals surface area (Å²) in [6.45, 7) is 6.40. The van der Waals surface area contributed by atoms with Crippen molar-refractivity contribution in [3.8, 4) is 17.0 Å². The molecule has 0 radical (unpaired) electrons. The maximum Gasteiger partial charge on any atom is 0.311 e. The van der Waals surface area contributed by atoms with Crippen LogP contribution in [0.3, 0.4) is 0 Å². The predicted octanol–water partition coefficient (Wildman–Crippen LogP) is 4.50. The van der Waals surface area contributed by atoms with Crippen LogP contribution in [-0.2, 0) is 16.0 Å². The van der Waals surface area contributed by atoms with Crippen LogP contribution in [0.1, 0.15) is 54.0 Å². The summed E-state index contributed by atoms with van der Waals surface area (Å²) in [5.41, 5.74) is 3.08. The molecule has 6 nitrogen and oxygen atoms in total.